The molecule has 1 aliphatic carbocycles. The molecule has 29 heavy (non-hydrogen) atoms. The molecule has 0 bridgehead atoms. The lowest BCUT2D eigenvalue weighted by molar-refractivity contribution is -0.151. The molecule has 7 nitrogen and oxygen atoms in total. The van der Waals surface area contributed by atoms with Crippen LogP contribution in [0.5, 0.6) is 0 Å². The van der Waals surface area contributed by atoms with Crippen LogP contribution in [0.1, 0.15) is 51.0 Å². The molecule has 1 aromatic rings. The van der Waals surface area contributed by atoms with Crippen LogP contribution >= 0.6 is 11.6 Å². The van der Waals surface area contributed by atoms with Crippen LogP contribution in [0.4, 0.5) is 5.69 Å². The zero-order chi connectivity index (χ0) is 20.5. The highest BCUT2D eigenvalue weighted by molar-refractivity contribution is 6.31. The van der Waals surface area contributed by atoms with Gasteiger partial charge in [0.05, 0.1) is 12.1 Å². The molecule has 1 aromatic carbocycles. The summed E-state index contributed by atoms with van der Waals surface area (Å²) in [6, 6.07) is 5.66. The number of hydrogen-bond donors (Lipinski definition) is 2. The van der Waals surface area contributed by atoms with E-state index in [0.29, 0.717) is 10.7 Å². The molecule has 2 aliphatic heterocycles. The lowest BCUT2D eigenvalue weighted by atomic mass is 9.85. The molecule has 1 saturated carbocycles. The van der Waals surface area contributed by atoms with Gasteiger partial charge in [-0.2, -0.15) is 5.10 Å². The van der Waals surface area contributed by atoms with Crippen LogP contribution in [0.15, 0.2) is 23.3 Å². The minimum Gasteiger partial charge on any atom is -0.325 e. The fourth-order valence-electron chi connectivity index (χ4n) is 4.74. The number of carbonyl (C=O) groups excluding carboxylic acids is 2. The maximum Gasteiger partial charge on any atom is 0.268 e. The summed E-state index contributed by atoms with van der Waals surface area (Å²) < 4.78 is 0. The van der Waals surface area contributed by atoms with Crippen LogP contribution < -0.4 is 10.7 Å². The van der Waals surface area contributed by atoms with Gasteiger partial charge >= 0.3 is 0 Å². The smallest absolute Gasteiger partial charge is 0.268 e. The molecular weight excluding hydrogens is 390 g/mol. The molecule has 4 rings (SSSR count). The summed E-state index contributed by atoms with van der Waals surface area (Å²) >= 11 is 6.06. The fraction of sp³-hybridized carbons (Fsp3) is 0.571. The quantitative estimate of drug-likeness (QED) is 0.771. The van der Waals surface area contributed by atoms with E-state index in [0.717, 1.165) is 49.9 Å². The molecule has 0 radical (unpaired) electrons. The number of carbonyl (C=O) groups is 2. The van der Waals surface area contributed by atoms with Crippen molar-refractivity contribution in [3.05, 3.63) is 28.8 Å². The molecule has 0 spiro atoms. The van der Waals surface area contributed by atoms with Crippen LogP contribution in [0.25, 0.3) is 0 Å². The molecule has 1 saturated heterocycles. The molecule has 2 heterocycles. The Morgan fingerprint density at radius 3 is 2.83 bits per heavy atom. The highest BCUT2D eigenvalue weighted by atomic mass is 35.5. The lowest BCUT2D eigenvalue weighted by Gasteiger charge is -2.51. The highest BCUT2D eigenvalue weighted by Gasteiger charge is 2.50. The first-order valence-electron chi connectivity index (χ1n) is 10.5. The number of piperazine rings is 1. The minimum atomic E-state index is -0.489. The Morgan fingerprint density at radius 1 is 1.31 bits per heavy atom. The van der Waals surface area contributed by atoms with Crippen molar-refractivity contribution in [1.82, 2.24) is 15.2 Å². The van der Waals surface area contributed by atoms with E-state index >= 15 is 0 Å². The monoisotopic (exact) mass is 417 g/mol. The van der Waals surface area contributed by atoms with Crippen molar-refractivity contribution in [2.24, 2.45) is 5.10 Å². The molecule has 3 aliphatic rings. The van der Waals surface area contributed by atoms with Crippen molar-refractivity contribution >= 4 is 34.9 Å². The van der Waals surface area contributed by atoms with Gasteiger partial charge in [0, 0.05) is 17.1 Å². The van der Waals surface area contributed by atoms with Crippen LogP contribution in [-0.2, 0) is 9.59 Å². The van der Waals surface area contributed by atoms with E-state index in [1.54, 1.807) is 17.0 Å². The summed E-state index contributed by atoms with van der Waals surface area (Å²) in [6.07, 6.45) is 5.50. The van der Waals surface area contributed by atoms with Crippen molar-refractivity contribution in [2.75, 3.05) is 11.9 Å². The third-order valence-corrected chi connectivity index (χ3v) is 6.36. The molecule has 3 unspecified atom stereocenters. The van der Waals surface area contributed by atoms with Crippen LogP contribution in [-0.4, -0.2) is 52.2 Å². The van der Waals surface area contributed by atoms with E-state index in [9.17, 15) is 9.59 Å². The van der Waals surface area contributed by atoms with E-state index in [1.165, 1.54) is 0 Å². The van der Waals surface area contributed by atoms with Crippen molar-refractivity contribution < 1.29 is 9.59 Å². The third kappa shape index (κ3) is 3.80. The van der Waals surface area contributed by atoms with E-state index in [-0.39, 0.29) is 30.4 Å². The number of nitrogens with zero attached hydrogens (tertiary/aromatic N) is 3. The van der Waals surface area contributed by atoms with Gasteiger partial charge < -0.3 is 15.1 Å². The lowest BCUT2D eigenvalue weighted by Crippen LogP contribution is -2.69. The molecule has 3 atom stereocenters. The second-order valence-electron chi connectivity index (χ2n) is 8.11. The Morgan fingerprint density at radius 2 is 2.07 bits per heavy atom. The average Bonchev–Trinajstić information content (AvgIpc) is 3.12. The topological polar surface area (TPSA) is 77.0 Å². The second-order valence-corrected chi connectivity index (χ2v) is 8.55. The summed E-state index contributed by atoms with van der Waals surface area (Å²) in [5, 5.41) is 7.94. The van der Waals surface area contributed by atoms with Gasteiger partial charge in [-0.1, -0.05) is 37.4 Å². The van der Waals surface area contributed by atoms with Crippen molar-refractivity contribution in [3.63, 3.8) is 0 Å². The third-order valence-electron chi connectivity index (χ3n) is 6.12. The van der Waals surface area contributed by atoms with Crippen molar-refractivity contribution in [3.8, 4) is 0 Å². The number of hydrogen-bond acceptors (Lipinski definition) is 5. The standard InChI is InChI=1S/C21H28ClN5O2/c1-3-6-18-24-25-20-21(29)26(16-7-4-5-8-17(16)27(18)20)12-19(28)23-15-11-14(22)10-9-13(15)2/h9-11,16-17,20,25H,3-8,12H2,1-2H3,(H,23,28). The molecule has 2 amide bonds. The van der Waals surface area contributed by atoms with Gasteiger partial charge in [0.15, 0.2) is 6.17 Å². The summed E-state index contributed by atoms with van der Waals surface area (Å²) in [6.45, 7) is 4.08. The number of benzene rings is 1. The van der Waals surface area contributed by atoms with Crippen LogP contribution in [0, 0.1) is 6.92 Å². The predicted octanol–water partition coefficient (Wildman–Crippen LogP) is 3.09. The number of rotatable bonds is 5. The molecule has 2 N–H and O–H groups in total. The number of amides is 2. The van der Waals surface area contributed by atoms with E-state index in [1.807, 2.05) is 13.0 Å². The number of amidine groups is 1. The summed E-state index contributed by atoms with van der Waals surface area (Å²) in [5.41, 5.74) is 4.64. The van der Waals surface area contributed by atoms with E-state index in [2.05, 4.69) is 27.7 Å². The Bertz CT molecular complexity index is 842. The fourth-order valence-corrected chi connectivity index (χ4v) is 4.91. The largest absolute Gasteiger partial charge is 0.325 e. The van der Waals surface area contributed by atoms with Gasteiger partial charge in [-0.05, 0) is 43.9 Å². The molecule has 2 fully saturated rings. The summed E-state index contributed by atoms with van der Waals surface area (Å²) in [5.74, 6) is 0.705. The SMILES string of the molecule is CCCC1=NNC2C(=O)N(CC(=O)Nc3cc(Cl)ccc3C)C3CCCCC3N12. The first kappa shape index (κ1) is 20.0. The Balaban J connectivity index is 1.52. The van der Waals surface area contributed by atoms with E-state index in [4.69, 9.17) is 11.6 Å². The first-order chi connectivity index (χ1) is 14.0. The Hall–Kier alpha value is -2.28. The van der Waals surface area contributed by atoms with Gasteiger partial charge in [0.25, 0.3) is 5.91 Å². The number of fused-ring (bicyclic) bond motifs is 3. The van der Waals surface area contributed by atoms with Gasteiger partial charge in [0.1, 0.15) is 12.4 Å². The number of halogens is 1. The van der Waals surface area contributed by atoms with Gasteiger partial charge in [0.2, 0.25) is 5.91 Å². The van der Waals surface area contributed by atoms with Gasteiger partial charge in [-0.15, -0.1) is 0 Å². The Kier molecular flexibility index (Phi) is 5.67. The molecule has 0 aromatic heterocycles. The molecule has 8 heteroatoms. The summed E-state index contributed by atoms with van der Waals surface area (Å²) in [4.78, 5) is 30.0. The van der Waals surface area contributed by atoms with Gasteiger partial charge in [-0.3, -0.25) is 15.0 Å². The van der Waals surface area contributed by atoms with Crippen molar-refractivity contribution in [1.29, 1.82) is 0 Å². The first-order valence-corrected chi connectivity index (χ1v) is 10.8. The van der Waals surface area contributed by atoms with Crippen LogP contribution in [0.2, 0.25) is 5.02 Å². The maximum absolute atomic E-state index is 13.3. The highest BCUT2D eigenvalue weighted by Crippen LogP contribution is 2.35. The van der Waals surface area contributed by atoms with E-state index < -0.39 is 6.17 Å². The number of nitrogens with one attached hydrogen (secondary N) is 2. The summed E-state index contributed by atoms with van der Waals surface area (Å²) in [7, 11) is 0. The normalized spacial score (nSPS) is 25.8. The minimum absolute atomic E-state index is 0.0423. The zero-order valence-electron chi connectivity index (χ0n) is 16.9. The van der Waals surface area contributed by atoms with Crippen molar-refractivity contribution in [2.45, 2.75) is 70.6 Å². The predicted molar refractivity (Wildman–Crippen MR) is 114 cm³/mol. The number of aryl methyl sites for hydroxylation is 1. The average molecular weight is 418 g/mol. The second kappa shape index (κ2) is 8.22. The molecule has 156 valence electrons. The van der Waals surface area contributed by atoms with Gasteiger partial charge in [-0.25, -0.2) is 0 Å². The van der Waals surface area contributed by atoms with Crippen LogP contribution in [0.3, 0.4) is 0 Å². The number of anilines is 1. The maximum atomic E-state index is 13.3. The molecular formula is C21H28ClN5O2. The number of hydrazone groups is 1. The zero-order valence-corrected chi connectivity index (χ0v) is 17.7. The Labute approximate surface area is 176 Å².